The van der Waals surface area contributed by atoms with Crippen molar-refractivity contribution in [2.75, 3.05) is 5.32 Å². The number of aromatic nitrogens is 1. The van der Waals surface area contributed by atoms with Crippen LogP contribution in [-0.4, -0.2) is 10.9 Å². The lowest BCUT2D eigenvalue weighted by molar-refractivity contribution is 0.102. The Balaban J connectivity index is 2.23. The molecule has 0 bridgehead atoms. The third kappa shape index (κ3) is 2.77. The first-order valence-corrected chi connectivity index (χ1v) is 6.33. The van der Waals surface area contributed by atoms with Crippen molar-refractivity contribution in [1.29, 1.82) is 0 Å². The molecule has 0 radical (unpaired) electrons. The van der Waals surface area contributed by atoms with Crippen LogP contribution in [0, 0.1) is 6.92 Å². The van der Waals surface area contributed by atoms with Crippen molar-refractivity contribution in [3.63, 3.8) is 0 Å². The topological polar surface area (TPSA) is 42.0 Å². The number of rotatable bonds is 2. The van der Waals surface area contributed by atoms with E-state index >= 15 is 0 Å². The molecular weight excluding hydrogens is 279 g/mol. The molecule has 0 saturated heterocycles. The van der Waals surface area contributed by atoms with Gasteiger partial charge in [-0.3, -0.25) is 10.1 Å². The molecule has 3 nitrogen and oxygen atoms in total. The average Bonchev–Trinajstić information content (AvgIpc) is 2.68. The molecule has 88 valence electrons. The molecule has 1 heterocycles. The molecule has 2 rings (SSSR count). The Morgan fingerprint density at radius 3 is 2.82 bits per heavy atom. The van der Waals surface area contributed by atoms with Crippen LogP contribution in [0.3, 0.4) is 0 Å². The van der Waals surface area contributed by atoms with E-state index in [1.165, 1.54) is 11.3 Å². The summed E-state index contributed by atoms with van der Waals surface area (Å²) < 4.78 is 0. The van der Waals surface area contributed by atoms with Gasteiger partial charge in [0.1, 0.15) is 0 Å². The fraction of sp³-hybridized carbons (Fsp3) is 0.0909. The summed E-state index contributed by atoms with van der Waals surface area (Å²) in [6.07, 6.45) is 1.69. The summed E-state index contributed by atoms with van der Waals surface area (Å²) in [5, 5.41) is 3.82. The van der Waals surface area contributed by atoms with E-state index in [4.69, 9.17) is 23.2 Å². The number of anilines is 1. The second kappa shape index (κ2) is 5.04. The van der Waals surface area contributed by atoms with Crippen LogP contribution in [0.5, 0.6) is 0 Å². The predicted octanol–water partition coefficient (Wildman–Crippen LogP) is 4.01. The number of carbonyl (C=O) groups is 1. The highest BCUT2D eigenvalue weighted by Crippen LogP contribution is 2.26. The first-order chi connectivity index (χ1) is 8.08. The number of amides is 1. The maximum atomic E-state index is 11.9. The largest absolute Gasteiger partial charge is 0.298 e. The van der Waals surface area contributed by atoms with Gasteiger partial charge in [-0.25, -0.2) is 4.98 Å². The van der Waals surface area contributed by atoms with Crippen molar-refractivity contribution >= 4 is 45.6 Å². The van der Waals surface area contributed by atoms with Crippen LogP contribution in [0.1, 0.15) is 15.2 Å². The highest BCUT2D eigenvalue weighted by molar-refractivity contribution is 7.15. The van der Waals surface area contributed by atoms with E-state index in [0.717, 1.165) is 4.88 Å². The maximum Gasteiger partial charge on any atom is 0.259 e. The molecule has 0 unspecified atom stereocenters. The third-order valence-electron chi connectivity index (χ3n) is 2.04. The van der Waals surface area contributed by atoms with E-state index in [0.29, 0.717) is 15.7 Å². The van der Waals surface area contributed by atoms with Crippen LogP contribution in [0.4, 0.5) is 5.13 Å². The van der Waals surface area contributed by atoms with Crippen LogP contribution < -0.4 is 5.32 Å². The summed E-state index contributed by atoms with van der Waals surface area (Å²) in [4.78, 5) is 17.0. The number of aryl methyl sites for hydroxylation is 1. The van der Waals surface area contributed by atoms with Gasteiger partial charge < -0.3 is 0 Å². The molecule has 0 saturated carbocycles. The minimum Gasteiger partial charge on any atom is -0.298 e. The number of nitrogens with one attached hydrogen (secondary N) is 1. The Kier molecular flexibility index (Phi) is 3.66. The van der Waals surface area contributed by atoms with Gasteiger partial charge in [0.05, 0.1) is 15.6 Å². The highest BCUT2D eigenvalue weighted by Gasteiger charge is 2.13. The third-order valence-corrected chi connectivity index (χ3v) is 3.69. The molecule has 1 N–H and O–H groups in total. The lowest BCUT2D eigenvalue weighted by Gasteiger charge is -2.04. The fourth-order valence-corrected chi connectivity index (χ4v) is 2.30. The first kappa shape index (κ1) is 12.4. The van der Waals surface area contributed by atoms with Gasteiger partial charge in [0.2, 0.25) is 0 Å². The van der Waals surface area contributed by atoms with Gasteiger partial charge in [-0.05, 0) is 19.1 Å². The molecule has 6 heteroatoms. The van der Waals surface area contributed by atoms with Crippen molar-refractivity contribution in [2.45, 2.75) is 6.92 Å². The minimum atomic E-state index is -0.313. The van der Waals surface area contributed by atoms with E-state index in [1.54, 1.807) is 24.4 Å². The number of hydrogen-bond acceptors (Lipinski definition) is 3. The zero-order valence-corrected chi connectivity index (χ0v) is 11.2. The number of carbonyl (C=O) groups excluding carboxylic acids is 1. The summed E-state index contributed by atoms with van der Waals surface area (Å²) in [6.45, 7) is 1.92. The second-order valence-corrected chi connectivity index (χ2v) is 5.35. The van der Waals surface area contributed by atoms with Gasteiger partial charge in [0, 0.05) is 11.1 Å². The summed E-state index contributed by atoms with van der Waals surface area (Å²) in [7, 11) is 0. The van der Waals surface area contributed by atoms with E-state index in [2.05, 4.69) is 10.3 Å². The predicted molar refractivity (Wildman–Crippen MR) is 71.3 cm³/mol. The number of hydrogen-bond donors (Lipinski definition) is 1. The molecule has 17 heavy (non-hydrogen) atoms. The number of benzene rings is 1. The quantitative estimate of drug-likeness (QED) is 0.906. The van der Waals surface area contributed by atoms with Gasteiger partial charge in [-0.1, -0.05) is 29.3 Å². The summed E-state index contributed by atoms with van der Waals surface area (Å²) in [5.41, 5.74) is 0.340. The molecule has 1 aromatic carbocycles. The molecule has 0 fully saturated rings. The molecule has 1 amide bonds. The Hall–Kier alpha value is -1.10. The second-order valence-electron chi connectivity index (χ2n) is 3.33. The zero-order chi connectivity index (χ0) is 12.4. The van der Waals surface area contributed by atoms with Gasteiger partial charge >= 0.3 is 0 Å². The number of thiazole rings is 1. The summed E-state index contributed by atoms with van der Waals surface area (Å²) in [6, 6.07) is 4.93. The van der Waals surface area contributed by atoms with Gasteiger partial charge in [-0.2, -0.15) is 0 Å². The first-order valence-electron chi connectivity index (χ1n) is 4.75. The number of nitrogens with zero attached hydrogens (tertiary/aromatic N) is 1. The van der Waals surface area contributed by atoms with E-state index < -0.39 is 0 Å². The monoisotopic (exact) mass is 286 g/mol. The molecule has 0 aliphatic carbocycles. The normalized spacial score (nSPS) is 10.3. The molecule has 0 atom stereocenters. The summed E-state index contributed by atoms with van der Waals surface area (Å²) in [5.74, 6) is -0.313. The Labute approximate surface area is 112 Å². The molecule has 2 aromatic rings. The van der Waals surface area contributed by atoms with Crippen LogP contribution in [0.2, 0.25) is 10.0 Å². The standard InChI is InChI=1S/C11H8Cl2N2OS/c1-6-5-14-11(17-6)15-10(16)7-3-2-4-8(12)9(7)13/h2-5H,1H3,(H,14,15,16). The Bertz CT molecular complexity index is 568. The molecule has 1 aromatic heterocycles. The fourth-order valence-electron chi connectivity index (χ4n) is 1.26. The molecular formula is C11H8Cl2N2OS. The van der Waals surface area contributed by atoms with Crippen LogP contribution >= 0.6 is 34.5 Å². The van der Waals surface area contributed by atoms with Crippen LogP contribution in [0.15, 0.2) is 24.4 Å². The van der Waals surface area contributed by atoms with Crippen molar-refractivity contribution in [1.82, 2.24) is 4.98 Å². The zero-order valence-electron chi connectivity index (χ0n) is 8.83. The van der Waals surface area contributed by atoms with Crippen molar-refractivity contribution in [2.24, 2.45) is 0 Å². The van der Waals surface area contributed by atoms with Crippen LogP contribution in [-0.2, 0) is 0 Å². The molecule has 0 aliphatic heterocycles. The van der Waals surface area contributed by atoms with Crippen LogP contribution in [0.25, 0.3) is 0 Å². The average molecular weight is 287 g/mol. The van der Waals surface area contributed by atoms with Crippen molar-refractivity contribution in [3.05, 3.63) is 44.9 Å². The van der Waals surface area contributed by atoms with E-state index in [-0.39, 0.29) is 10.9 Å². The van der Waals surface area contributed by atoms with Gasteiger partial charge in [0.15, 0.2) is 5.13 Å². The SMILES string of the molecule is Cc1cnc(NC(=O)c2cccc(Cl)c2Cl)s1. The smallest absolute Gasteiger partial charge is 0.259 e. The molecule has 0 spiro atoms. The lowest BCUT2D eigenvalue weighted by Crippen LogP contribution is -2.12. The van der Waals surface area contributed by atoms with Gasteiger partial charge in [-0.15, -0.1) is 11.3 Å². The van der Waals surface area contributed by atoms with Crippen molar-refractivity contribution < 1.29 is 4.79 Å². The minimum absolute atomic E-state index is 0.250. The van der Waals surface area contributed by atoms with Crippen molar-refractivity contribution in [3.8, 4) is 0 Å². The number of halogens is 2. The Morgan fingerprint density at radius 1 is 1.41 bits per heavy atom. The van der Waals surface area contributed by atoms with E-state index in [1.807, 2.05) is 6.92 Å². The molecule has 0 aliphatic rings. The lowest BCUT2D eigenvalue weighted by atomic mass is 10.2. The maximum absolute atomic E-state index is 11.9. The van der Waals surface area contributed by atoms with E-state index in [9.17, 15) is 4.79 Å². The highest BCUT2D eigenvalue weighted by atomic mass is 35.5. The summed E-state index contributed by atoms with van der Waals surface area (Å²) >= 11 is 13.2. The Morgan fingerprint density at radius 2 is 2.18 bits per heavy atom. The van der Waals surface area contributed by atoms with Gasteiger partial charge in [0.25, 0.3) is 5.91 Å².